The highest BCUT2D eigenvalue weighted by atomic mass is 16.5. The summed E-state index contributed by atoms with van der Waals surface area (Å²) in [5, 5.41) is 3.87. The summed E-state index contributed by atoms with van der Waals surface area (Å²) in [7, 11) is 0. The van der Waals surface area contributed by atoms with Gasteiger partial charge in [0, 0.05) is 17.6 Å². The predicted octanol–water partition coefficient (Wildman–Crippen LogP) is 3.28. The summed E-state index contributed by atoms with van der Waals surface area (Å²) < 4.78 is 5.60. The minimum absolute atomic E-state index is 0.0357. The summed E-state index contributed by atoms with van der Waals surface area (Å²) in [6.45, 7) is 2.60. The number of hydrogen-bond donors (Lipinski definition) is 1. The highest BCUT2D eigenvalue weighted by molar-refractivity contribution is 5.79. The zero-order valence-corrected chi connectivity index (χ0v) is 14.7. The van der Waals surface area contributed by atoms with E-state index < -0.39 is 0 Å². The van der Waals surface area contributed by atoms with E-state index in [-0.39, 0.29) is 12.5 Å². The molecule has 0 saturated heterocycles. The van der Waals surface area contributed by atoms with E-state index in [0.717, 1.165) is 27.8 Å². The van der Waals surface area contributed by atoms with Gasteiger partial charge in [0.05, 0.1) is 18.5 Å². The number of aryl methyl sites for hydroxylation is 1. The summed E-state index contributed by atoms with van der Waals surface area (Å²) in [6.07, 6.45) is 2.12. The van der Waals surface area contributed by atoms with Gasteiger partial charge in [-0.1, -0.05) is 47.7 Å². The molecule has 0 unspecified atom stereocenters. The molecule has 130 valence electrons. The molecule has 26 heavy (non-hydrogen) atoms. The number of nitrogens with one attached hydrogen (secondary N) is 1. The number of pyridine rings is 1. The summed E-state index contributed by atoms with van der Waals surface area (Å²) in [4.78, 5) is 16.2. The molecule has 0 spiro atoms. The lowest BCUT2D eigenvalue weighted by molar-refractivity contribution is -0.120. The fourth-order valence-electron chi connectivity index (χ4n) is 2.58. The number of hydrogen-bond acceptors (Lipinski definition) is 3. The molecule has 0 atom stereocenters. The molecular weight excluding hydrogens is 324 g/mol. The number of nitrogens with zero attached hydrogens (tertiary/aromatic N) is 1. The van der Waals surface area contributed by atoms with Crippen molar-refractivity contribution < 1.29 is 9.53 Å². The lowest BCUT2D eigenvalue weighted by Gasteiger charge is -2.04. The summed E-state index contributed by atoms with van der Waals surface area (Å²) >= 11 is 0. The quantitative estimate of drug-likeness (QED) is 0.723. The number of rotatable bonds is 5. The summed E-state index contributed by atoms with van der Waals surface area (Å²) in [5.74, 6) is 6.50. The van der Waals surface area contributed by atoms with Gasteiger partial charge in [0.15, 0.2) is 0 Å². The molecule has 0 aliphatic heterocycles. The number of aromatic nitrogens is 1. The third-order valence-corrected chi connectivity index (χ3v) is 3.83. The van der Waals surface area contributed by atoms with E-state index in [4.69, 9.17) is 4.74 Å². The van der Waals surface area contributed by atoms with Crippen molar-refractivity contribution in [3.63, 3.8) is 0 Å². The van der Waals surface area contributed by atoms with E-state index in [2.05, 4.69) is 22.1 Å². The molecule has 1 heterocycles. The smallest absolute Gasteiger partial charge is 0.225 e. The van der Waals surface area contributed by atoms with E-state index in [1.165, 1.54) is 0 Å². The molecule has 0 aliphatic rings. The number of amides is 1. The van der Waals surface area contributed by atoms with Crippen molar-refractivity contribution in [2.75, 3.05) is 13.2 Å². The second-order valence-electron chi connectivity index (χ2n) is 5.94. The van der Waals surface area contributed by atoms with Crippen molar-refractivity contribution in [3.8, 4) is 17.6 Å². The Labute approximate surface area is 153 Å². The van der Waals surface area contributed by atoms with Crippen molar-refractivity contribution in [1.82, 2.24) is 10.3 Å². The molecule has 1 amide bonds. The van der Waals surface area contributed by atoms with E-state index >= 15 is 0 Å². The van der Waals surface area contributed by atoms with Crippen LogP contribution in [0.1, 0.15) is 11.1 Å². The van der Waals surface area contributed by atoms with Crippen LogP contribution in [0.4, 0.5) is 0 Å². The van der Waals surface area contributed by atoms with E-state index in [0.29, 0.717) is 13.0 Å². The third kappa shape index (κ3) is 5.09. The van der Waals surface area contributed by atoms with Crippen molar-refractivity contribution in [2.24, 2.45) is 0 Å². The molecule has 1 aromatic heterocycles. The zero-order valence-electron chi connectivity index (χ0n) is 14.7. The average Bonchev–Trinajstić information content (AvgIpc) is 2.64. The van der Waals surface area contributed by atoms with E-state index in [9.17, 15) is 4.79 Å². The van der Waals surface area contributed by atoms with Crippen LogP contribution < -0.4 is 10.1 Å². The van der Waals surface area contributed by atoms with Gasteiger partial charge in [0.1, 0.15) is 12.4 Å². The molecule has 0 bridgehead atoms. The SMILES string of the molecule is Cc1cccc(CC(=O)NCC#CCOc2ccc3cccnc3c2)c1. The van der Waals surface area contributed by atoms with E-state index in [1.807, 2.05) is 61.5 Å². The minimum atomic E-state index is -0.0357. The van der Waals surface area contributed by atoms with Gasteiger partial charge in [0.25, 0.3) is 0 Å². The van der Waals surface area contributed by atoms with Crippen LogP contribution in [0.5, 0.6) is 5.75 Å². The molecule has 4 nitrogen and oxygen atoms in total. The second-order valence-corrected chi connectivity index (χ2v) is 5.94. The van der Waals surface area contributed by atoms with Crippen molar-refractivity contribution in [1.29, 1.82) is 0 Å². The van der Waals surface area contributed by atoms with Crippen molar-refractivity contribution in [3.05, 3.63) is 71.9 Å². The highest BCUT2D eigenvalue weighted by Gasteiger charge is 2.01. The Morgan fingerprint density at radius 2 is 2.04 bits per heavy atom. The number of ether oxygens (including phenoxy) is 1. The first kappa shape index (κ1) is 17.5. The lowest BCUT2D eigenvalue weighted by atomic mass is 10.1. The van der Waals surface area contributed by atoms with Crippen LogP contribution in [0.15, 0.2) is 60.8 Å². The van der Waals surface area contributed by atoms with Crippen LogP contribution in [-0.2, 0) is 11.2 Å². The maximum Gasteiger partial charge on any atom is 0.225 e. The Morgan fingerprint density at radius 1 is 1.12 bits per heavy atom. The number of carbonyl (C=O) groups excluding carboxylic acids is 1. The Kier molecular flexibility index (Phi) is 5.84. The first-order chi connectivity index (χ1) is 12.7. The first-order valence-corrected chi connectivity index (χ1v) is 8.46. The Hall–Kier alpha value is -3.32. The first-order valence-electron chi connectivity index (χ1n) is 8.46. The predicted molar refractivity (Wildman–Crippen MR) is 103 cm³/mol. The van der Waals surface area contributed by atoms with Crippen molar-refractivity contribution >= 4 is 16.8 Å². The van der Waals surface area contributed by atoms with Gasteiger partial charge in [-0.3, -0.25) is 9.78 Å². The fraction of sp³-hybridized carbons (Fsp3) is 0.182. The Morgan fingerprint density at radius 3 is 2.92 bits per heavy atom. The maximum atomic E-state index is 11.9. The third-order valence-electron chi connectivity index (χ3n) is 3.83. The van der Waals surface area contributed by atoms with Gasteiger partial charge >= 0.3 is 0 Å². The molecule has 0 aliphatic carbocycles. The number of benzene rings is 2. The lowest BCUT2D eigenvalue weighted by Crippen LogP contribution is -2.25. The monoisotopic (exact) mass is 344 g/mol. The largest absolute Gasteiger partial charge is 0.481 e. The molecule has 2 aromatic carbocycles. The molecule has 0 radical (unpaired) electrons. The van der Waals surface area contributed by atoms with Crippen LogP contribution in [0, 0.1) is 18.8 Å². The van der Waals surface area contributed by atoms with Gasteiger partial charge in [-0.2, -0.15) is 0 Å². The van der Waals surface area contributed by atoms with Crippen LogP contribution >= 0.6 is 0 Å². The Bertz CT molecular complexity index is 970. The zero-order chi connectivity index (χ0) is 18.2. The highest BCUT2D eigenvalue weighted by Crippen LogP contribution is 2.18. The summed E-state index contributed by atoms with van der Waals surface area (Å²) in [5.41, 5.74) is 3.04. The van der Waals surface area contributed by atoms with Gasteiger partial charge in [-0.05, 0) is 30.7 Å². The van der Waals surface area contributed by atoms with Gasteiger partial charge < -0.3 is 10.1 Å². The molecule has 1 N–H and O–H groups in total. The molecule has 3 rings (SSSR count). The standard InChI is InChI=1S/C22H20N2O2/c1-17-6-4-7-18(14-17)15-22(25)24-11-2-3-13-26-20-10-9-19-8-5-12-23-21(19)16-20/h4-10,12,14,16H,11,13,15H2,1H3,(H,24,25). The fourth-order valence-corrected chi connectivity index (χ4v) is 2.58. The van der Waals surface area contributed by atoms with Crippen LogP contribution in [0.3, 0.4) is 0 Å². The molecular formula is C22H20N2O2. The van der Waals surface area contributed by atoms with Crippen LogP contribution in [0.2, 0.25) is 0 Å². The number of carbonyl (C=O) groups is 1. The molecule has 0 fully saturated rings. The van der Waals surface area contributed by atoms with Crippen LogP contribution in [0.25, 0.3) is 10.9 Å². The average molecular weight is 344 g/mol. The topological polar surface area (TPSA) is 51.2 Å². The summed E-state index contributed by atoms with van der Waals surface area (Å²) in [6, 6.07) is 17.6. The second kappa shape index (κ2) is 8.68. The molecule has 4 heteroatoms. The van der Waals surface area contributed by atoms with E-state index in [1.54, 1.807) is 6.20 Å². The minimum Gasteiger partial charge on any atom is -0.481 e. The molecule has 0 saturated carbocycles. The normalized spacial score (nSPS) is 10.0. The Balaban J connectivity index is 1.41. The van der Waals surface area contributed by atoms with Crippen LogP contribution in [-0.4, -0.2) is 24.0 Å². The van der Waals surface area contributed by atoms with Gasteiger partial charge in [-0.25, -0.2) is 0 Å². The van der Waals surface area contributed by atoms with Crippen molar-refractivity contribution in [2.45, 2.75) is 13.3 Å². The molecule has 3 aromatic rings. The number of fused-ring (bicyclic) bond motifs is 1. The van der Waals surface area contributed by atoms with Gasteiger partial charge in [0.2, 0.25) is 5.91 Å². The van der Waals surface area contributed by atoms with Gasteiger partial charge in [-0.15, -0.1) is 0 Å². The maximum absolute atomic E-state index is 11.9.